The normalized spacial score (nSPS) is 22.4. The van der Waals surface area contributed by atoms with Gasteiger partial charge >= 0.3 is 0 Å². The molecule has 1 aromatic carbocycles. The molecule has 1 aliphatic rings. The molecule has 0 amide bonds. The summed E-state index contributed by atoms with van der Waals surface area (Å²) in [6, 6.07) is 6.37. The van der Waals surface area contributed by atoms with Crippen molar-refractivity contribution in [3.8, 4) is 0 Å². The third-order valence-electron chi connectivity index (χ3n) is 2.91. The molecule has 1 saturated heterocycles. The monoisotopic (exact) mass is 243 g/mol. The van der Waals surface area contributed by atoms with Gasteiger partial charge < -0.3 is 5.32 Å². The molecule has 0 aromatic heterocycles. The predicted octanol–water partition coefficient (Wildman–Crippen LogP) is 4.20. The van der Waals surface area contributed by atoms with Gasteiger partial charge in [0.25, 0.3) is 0 Å². The third kappa shape index (κ3) is 2.87. The number of hydrogen-bond acceptors (Lipinski definition) is 1. The molecule has 0 bridgehead atoms. The molecule has 0 spiro atoms. The smallest absolute Gasteiger partial charge is 0.0595 e. The molecule has 0 unspecified atom stereocenters. The Bertz CT molecular complexity index is 330. The zero-order valence-corrected chi connectivity index (χ0v) is 10.1. The van der Waals surface area contributed by atoms with Crippen LogP contribution in [0.2, 0.25) is 10.0 Å². The lowest BCUT2D eigenvalue weighted by molar-refractivity contribution is 0.535. The lowest BCUT2D eigenvalue weighted by Crippen LogP contribution is -2.20. The summed E-state index contributed by atoms with van der Waals surface area (Å²) in [7, 11) is 0. The first-order chi connectivity index (χ1) is 7.27. The van der Waals surface area contributed by atoms with Crippen LogP contribution in [0.4, 0.5) is 0 Å². The van der Waals surface area contributed by atoms with Crippen molar-refractivity contribution in [2.24, 2.45) is 0 Å². The van der Waals surface area contributed by atoms with Crippen LogP contribution in [0.3, 0.4) is 0 Å². The molecule has 1 aliphatic heterocycles. The lowest BCUT2D eigenvalue weighted by atomic mass is 10.0. The van der Waals surface area contributed by atoms with Crippen molar-refractivity contribution in [3.63, 3.8) is 0 Å². The van der Waals surface area contributed by atoms with Crippen LogP contribution in [0.15, 0.2) is 18.2 Å². The Balaban J connectivity index is 2.16. The van der Waals surface area contributed by atoms with E-state index in [0.29, 0.717) is 16.1 Å². The molecule has 3 heteroatoms. The van der Waals surface area contributed by atoms with E-state index in [1.807, 2.05) is 12.1 Å². The van der Waals surface area contributed by atoms with Crippen LogP contribution >= 0.6 is 23.2 Å². The van der Waals surface area contributed by atoms with Gasteiger partial charge in [0.15, 0.2) is 0 Å². The van der Waals surface area contributed by atoms with Crippen LogP contribution in [0.25, 0.3) is 0 Å². The van der Waals surface area contributed by atoms with Gasteiger partial charge in [-0.2, -0.15) is 0 Å². The van der Waals surface area contributed by atoms with Crippen LogP contribution in [0.5, 0.6) is 0 Å². The summed E-state index contributed by atoms with van der Waals surface area (Å²) in [5.41, 5.74) is 1.26. The molecule has 0 saturated carbocycles. The van der Waals surface area contributed by atoms with Gasteiger partial charge in [0.2, 0.25) is 0 Å². The summed E-state index contributed by atoms with van der Waals surface area (Å²) in [5.74, 6) is 0. The second kappa shape index (κ2) is 5.20. The molecule has 0 aliphatic carbocycles. The summed E-state index contributed by atoms with van der Waals surface area (Å²) in [6.07, 6.45) is 5.08. The molecule has 1 atom stereocenters. The van der Waals surface area contributed by atoms with Crippen LogP contribution in [-0.2, 0) is 0 Å². The molecule has 1 nitrogen and oxygen atoms in total. The molecular formula is C12H15Cl2N. The van der Waals surface area contributed by atoms with Crippen molar-refractivity contribution < 1.29 is 0 Å². The Morgan fingerprint density at radius 3 is 2.73 bits per heavy atom. The first-order valence-electron chi connectivity index (χ1n) is 5.46. The Kier molecular flexibility index (Phi) is 3.90. The summed E-state index contributed by atoms with van der Waals surface area (Å²) < 4.78 is 0. The van der Waals surface area contributed by atoms with Gasteiger partial charge in [0.1, 0.15) is 0 Å². The zero-order chi connectivity index (χ0) is 10.7. The molecule has 82 valence electrons. The lowest BCUT2D eigenvalue weighted by Gasteiger charge is -2.16. The number of halogens is 2. The number of nitrogens with one attached hydrogen (secondary N) is 1. The second-order valence-electron chi connectivity index (χ2n) is 4.03. The Morgan fingerprint density at radius 1 is 1.07 bits per heavy atom. The average Bonchev–Trinajstić information content (AvgIpc) is 2.50. The highest BCUT2D eigenvalue weighted by atomic mass is 35.5. The van der Waals surface area contributed by atoms with Crippen molar-refractivity contribution in [1.29, 1.82) is 0 Å². The van der Waals surface area contributed by atoms with Gasteiger partial charge in [-0.25, -0.2) is 0 Å². The number of hydrogen-bond donors (Lipinski definition) is 1. The van der Waals surface area contributed by atoms with Gasteiger partial charge in [0.05, 0.1) is 10.0 Å². The van der Waals surface area contributed by atoms with E-state index < -0.39 is 0 Å². The first kappa shape index (κ1) is 11.3. The Labute approximate surface area is 101 Å². The molecule has 15 heavy (non-hydrogen) atoms. The topological polar surface area (TPSA) is 12.0 Å². The molecule has 0 radical (unpaired) electrons. The van der Waals surface area contributed by atoms with Crippen LogP contribution in [-0.4, -0.2) is 6.54 Å². The molecular weight excluding hydrogens is 229 g/mol. The molecule has 2 rings (SSSR count). The third-order valence-corrected chi connectivity index (χ3v) is 3.65. The number of benzene rings is 1. The van der Waals surface area contributed by atoms with E-state index in [1.54, 1.807) is 0 Å². The SMILES string of the molecule is Clc1ccc([C@H]2CCCCCN2)cc1Cl. The minimum atomic E-state index is 0.447. The van der Waals surface area contributed by atoms with Crippen molar-refractivity contribution in [2.45, 2.75) is 31.7 Å². The van der Waals surface area contributed by atoms with E-state index in [4.69, 9.17) is 23.2 Å². The second-order valence-corrected chi connectivity index (χ2v) is 4.84. The van der Waals surface area contributed by atoms with Crippen LogP contribution < -0.4 is 5.32 Å². The number of rotatable bonds is 1. The maximum Gasteiger partial charge on any atom is 0.0595 e. The Hall–Kier alpha value is -0.240. The largest absolute Gasteiger partial charge is 0.310 e. The molecule has 1 aromatic rings. The fourth-order valence-electron chi connectivity index (χ4n) is 2.04. The maximum absolute atomic E-state index is 6.01. The van der Waals surface area contributed by atoms with Crippen molar-refractivity contribution in [3.05, 3.63) is 33.8 Å². The van der Waals surface area contributed by atoms with Gasteiger partial charge in [-0.1, -0.05) is 42.1 Å². The highest BCUT2D eigenvalue weighted by molar-refractivity contribution is 6.42. The first-order valence-corrected chi connectivity index (χ1v) is 6.21. The highest BCUT2D eigenvalue weighted by Crippen LogP contribution is 2.28. The standard InChI is InChI=1S/C12H15Cl2N/c13-10-6-5-9(8-11(10)14)12-4-2-1-3-7-15-12/h5-6,8,12,15H,1-4,7H2/t12-/m1/s1. The van der Waals surface area contributed by atoms with E-state index in [2.05, 4.69) is 11.4 Å². The average molecular weight is 244 g/mol. The van der Waals surface area contributed by atoms with Crippen molar-refractivity contribution in [1.82, 2.24) is 5.32 Å². The summed E-state index contributed by atoms with van der Waals surface area (Å²) in [6.45, 7) is 1.10. The molecule has 1 heterocycles. The predicted molar refractivity (Wildman–Crippen MR) is 65.7 cm³/mol. The van der Waals surface area contributed by atoms with Gasteiger partial charge in [-0.15, -0.1) is 0 Å². The fraction of sp³-hybridized carbons (Fsp3) is 0.500. The van der Waals surface area contributed by atoms with E-state index >= 15 is 0 Å². The molecule has 1 N–H and O–H groups in total. The van der Waals surface area contributed by atoms with E-state index in [0.717, 1.165) is 6.54 Å². The quantitative estimate of drug-likeness (QED) is 0.780. The molecule has 1 fully saturated rings. The highest BCUT2D eigenvalue weighted by Gasteiger charge is 2.14. The zero-order valence-electron chi connectivity index (χ0n) is 8.60. The van der Waals surface area contributed by atoms with Gasteiger partial charge in [0, 0.05) is 6.04 Å². The van der Waals surface area contributed by atoms with Crippen LogP contribution in [0, 0.1) is 0 Å². The fourth-order valence-corrected chi connectivity index (χ4v) is 2.35. The summed E-state index contributed by atoms with van der Waals surface area (Å²) in [5, 5.41) is 4.83. The summed E-state index contributed by atoms with van der Waals surface area (Å²) in [4.78, 5) is 0. The van der Waals surface area contributed by atoms with E-state index in [1.165, 1.54) is 31.2 Å². The minimum absolute atomic E-state index is 0.447. The Morgan fingerprint density at radius 2 is 1.93 bits per heavy atom. The summed E-state index contributed by atoms with van der Waals surface area (Å²) >= 11 is 11.9. The van der Waals surface area contributed by atoms with E-state index in [9.17, 15) is 0 Å². The van der Waals surface area contributed by atoms with Crippen molar-refractivity contribution in [2.75, 3.05) is 6.54 Å². The van der Waals surface area contributed by atoms with Crippen molar-refractivity contribution >= 4 is 23.2 Å². The minimum Gasteiger partial charge on any atom is -0.310 e. The van der Waals surface area contributed by atoms with Gasteiger partial charge in [-0.3, -0.25) is 0 Å². The van der Waals surface area contributed by atoms with Gasteiger partial charge in [-0.05, 0) is 37.1 Å². The van der Waals surface area contributed by atoms with E-state index in [-0.39, 0.29) is 0 Å². The maximum atomic E-state index is 6.01. The van der Waals surface area contributed by atoms with Crippen LogP contribution in [0.1, 0.15) is 37.3 Å².